The Morgan fingerprint density at radius 3 is 2.63 bits per heavy atom. The highest BCUT2D eigenvalue weighted by molar-refractivity contribution is 5.87. The minimum atomic E-state index is -0.925. The van der Waals surface area contributed by atoms with Crippen LogP contribution >= 0.6 is 0 Å². The number of aliphatic hydroxyl groups excluding tert-OH is 2. The lowest BCUT2D eigenvalue weighted by Gasteiger charge is -2.10. The van der Waals surface area contributed by atoms with Crippen molar-refractivity contribution in [3.63, 3.8) is 0 Å². The number of aliphatic hydroxyl groups is 2. The van der Waals surface area contributed by atoms with Crippen molar-refractivity contribution in [1.29, 1.82) is 0 Å². The van der Waals surface area contributed by atoms with Crippen LogP contribution in [0.4, 0.5) is 0 Å². The molecule has 6 heteroatoms. The molecule has 0 saturated heterocycles. The van der Waals surface area contributed by atoms with Crippen LogP contribution in [0.5, 0.6) is 11.5 Å². The van der Waals surface area contributed by atoms with Crippen LogP contribution in [0, 0.1) is 0 Å². The molecule has 0 aliphatic heterocycles. The number of phenolic OH excluding ortho intramolecular Hbond substituents is 1. The van der Waals surface area contributed by atoms with Crippen LogP contribution in [0.25, 0.3) is 6.08 Å². The summed E-state index contributed by atoms with van der Waals surface area (Å²) in [4.78, 5) is 11.4. The first kappa shape index (κ1) is 15.0. The summed E-state index contributed by atoms with van der Waals surface area (Å²) < 4.78 is 9.67. The number of carbonyl (C=O) groups excluding carboxylic acids is 1. The average Bonchev–Trinajstić information content (AvgIpc) is 2.43. The van der Waals surface area contributed by atoms with Gasteiger partial charge >= 0.3 is 5.97 Å². The van der Waals surface area contributed by atoms with Crippen molar-refractivity contribution >= 4 is 12.0 Å². The average molecular weight is 268 g/mol. The Morgan fingerprint density at radius 1 is 1.37 bits per heavy atom. The van der Waals surface area contributed by atoms with Gasteiger partial charge in [-0.3, -0.25) is 0 Å². The van der Waals surface area contributed by atoms with E-state index >= 15 is 0 Å². The molecule has 104 valence electrons. The van der Waals surface area contributed by atoms with E-state index in [0.29, 0.717) is 11.3 Å². The topological polar surface area (TPSA) is 96.2 Å². The summed E-state index contributed by atoms with van der Waals surface area (Å²) in [5, 5.41) is 26.9. The van der Waals surface area contributed by atoms with Gasteiger partial charge in [0.15, 0.2) is 11.5 Å². The van der Waals surface area contributed by atoms with E-state index < -0.39 is 25.3 Å². The SMILES string of the molecule is COc1cc(/C=C/C(=O)OC(CO)CO)ccc1O. The van der Waals surface area contributed by atoms with Gasteiger partial charge in [-0.25, -0.2) is 4.79 Å². The smallest absolute Gasteiger partial charge is 0.331 e. The predicted octanol–water partition coefficient (Wildman–Crippen LogP) is 0.310. The van der Waals surface area contributed by atoms with Gasteiger partial charge in [-0.1, -0.05) is 6.07 Å². The van der Waals surface area contributed by atoms with Gasteiger partial charge < -0.3 is 24.8 Å². The van der Waals surface area contributed by atoms with Crippen LogP contribution in [0.15, 0.2) is 24.3 Å². The number of rotatable bonds is 6. The monoisotopic (exact) mass is 268 g/mol. The summed E-state index contributed by atoms with van der Waals surface area (Å²) in [7, 11) is 1.42. The molecule has 0 saturated carbocycles. The summed E-state index contributed by atoms with van der Waals surface area (Å²) >= 11 is 0. The first-order valence-corrected chi connectivity index (χ1v) is 5.58. The molecule has 0 aromatic heterocycles. The number of aromatic hydroxyl groups is 1. The highest BCUT2D eigenvalue weighted by atomic mass is 16.6. The summed E-state index contributed by atoms with van der Waals surface area (Å²) in [6.07, 6.45) is 1.70. The molecule has 1 aromatic rings. The zero-order chi connectivity index (χ0) is 14.3. The number of methoxy groups -OCH3 is 1. The van der Waals surface area contributed by atoms with Crippen molar-refractivity contribution in [2.24, 2.45) is 0 Å². The zero-order valence-corrected chi connectivity index (χ0v) is 10.4. The Hall–Kier alpha value is -2.05. The molecule has 0 fully saturated rings. The number of phenols is 1. The molecule has 0 amide bonds. The lowest BCUT2D eigenvalue weighted by atomic mass is 10.2. The molecular weight excluding hydrogens is 252 g/mol. The van der Waals surface area contributed by atoms with Gasteiger partial charge in [-0.15, -0.1) is 0 Å². The molecule has 0 radical (unpaired) electrons. The van der Waals surface area contributed by atoms with Gasteiger partial charge in [0.05, 0.1) is 20.3 Å². The van der Waals surface area contributed by atoms with E-state index in [1.807, 2.05) is 0 Å². The van der Waals surface area contributed by atoms with Crippen LogP contribution < -0.4 is 4.74 Å². The Bertz CT molecular complexity index is 450. The zero-order valence-electron chi connectivity index (χ0n) is 10.4. The van der Waals surface area contributed by atoms with E-state index in [2.05, 4.69) is 0 Å². The van der Waals surface area contributed by atoms with Crippen molar-refractivity contribution in [1.82, 2.24) is 0 Å². The van der Waals surface area contributed by atoms with Crippen molar-refractivity contribution in [2.75, 3.05) is 20.3 Å². The molecule has 0 aliphatic rings. The highest BCUT2D eigenvalue weighted by Gasteiger charge is 2.09. The largest absolute Gasteiger partial charge is 0.504 e. The number of hydrogen-bond acceptors (Lipinski definition) is 6. The minimum absolute atomic E-state index is 0.00264. The molecule has 3 N–H and O–H groups in total. The Morgan fingerprint density at radius 2 is 2.05 bits per heavy atom. The van der Waals surface area contributed by atoms with Crippen LogP contribution in [0.3, 0.4) is 0 Å². The van der Waals surface area contributed by atoms with E-state index in [1.165, 1.54) is 19.3 Å². The van der Waals surface area contributed by atoms with E-state index in [4.69, 9.17) is 19.7 Å². The summed E-state index contributed by atoms with van der Waals surface area (Å²) in [5.74, 6) is -0.387. The second kappa shape index (κ2) is 7.40. The summed E-state index contributed by atoms with van der Waals surface area (Å²) in [6, 6.07) is 4.58. The normalized spacial score (nSPS) is 10.9. The highest BCUT2D eigenvalue weighted by Crippen LogP contribution is 2.26. The van der Waals surface area contributed by atoms with Gasteiger partial charge in [-0.2, -0.15) is 0 Å². The van der Waals surface area contributed by atoms with Gasteiger partial charge in [0.25, 0.3) is 0 Å². The second-order valence-electron chi connectivity index (χ2n) is 3.69. The fourth-order valence-corrected chi connectivity index (χ4v) is 1.30. The molecular formula is C13H16O6. The molecule has 0 unspecified atom stereocenters. The van der Waals surface area contributed by atoms with Crippen LogP contribution in [0.1, 0.15) is 5.56 Å². The molecule has 6 nitrogen and oxygen atoms in total. The third-order valence-electron chi connectivity index (χ3n) is 2.31. The minimum Gasteiger partial charge on any atom is -0.504 e. The fourth-order valence-electron chi connectivity index (χ4n) is 1.30. The molecule has 19 heavy (non-hydrogen) atoms. The quantitative estimate of drug-likeness (QED) is 0.507. The van der Waals surface area contributed by atoms with Crippen LogP contribution in [-0.4, -0.2) is 47.7 Å². The molecule has 1 aromatic carbocycles. The number of benzene rings is 1. The number of esters is 1. The molecule has 0 heterocycles. The molecule has 0 spiro atoms. The van der Waals surface area contributed by atoms with Crippen LogP contribution in [-0.2, 0) is 9.53 Å². The number of hydrogen-bond donors (Lipinski definition) is 3. The lowest BCUT2D eigenvalue weighted by Crippen LogP contribution is -2.24. The fraction of sp³-hybridized carbons (Fsp3) is 0.308. The predicted molar refractivity (Wildman–Crippen MR) is 67.7 cm³/mol. The van der Waals surface area contributed by atoms with Gasteiger partial charge in [0.1, 0.15) is 6.10 Å². The van der Waals surface area contributed by atoms with E-state index in [-0.39, 0.29) is 5.75 Å². The van der Waals surface area contributed by atoms with Crippen LogP contribution in [0.2, 0.25) is 0 Å². The number of ether oxygens (including phenoxy) is 2. The Balaban J connectivity index is 2.68. The standard InChI is InChI=1S/C13H16O6/c1-18-12-6-9(2-4-11(12)16)3-5-13(17)19-10(7-14)8-15/h2-6,10,14-16H,7-8H2,1H3/b5-3+. The van der Waals surface area contributed by atoms with Crippen molar-refractivity contribution < 1.29 is 29.6 Å². The first-order valence-electron chi connectivity index (χ1n) is 5.58. The molecule has 0 aliphatic carbocycles. The van der Waals surface area contributed by atoms with Gasteiger partial charge in [0, 0.05) is 6.08 Å². The maximum Gasteiger partial charge on any atom is 0.331 e. The maximum absolute atomic E-state index is 11.4. The first-order chi connectivity index (χ1) is 9.10. The van der Waals surface area contributed by atoms with Gasteiger partial charge in [0.2, 0.25) is 0 Å². The van der Waals surface area contributed by atoms with Gasteiger partial charge in [-0.05, 0) is 23.8 Å². The second-order valence-corrected chi connectivity index (χ2v) is 3.69. The van der Waals surface area contributed by atoms with Crippen molar-refractivity contribution in [2.45, 2.75) is 6.10 Å². The summed E-state index contributed by atoms with van der Waals surface area (Å²) in [6.45, 7) is -0.883. The van der Waals surface area contributed by atoms with E-state index in [1.54, 1.807) is 12.1 Å². The third-order valence-corrected chi connectivity index (χ3v) is 2.31. The Labute approximate surface area is 110 Å². The third kappa shape index (κ3) is 4.61. The number of carbonyl (C=O) groups is 1. The Kier molecular flexibility index (Phi) is 5.84. The van der Waals surface area contributed by atoms with Crippen molar-refractivity contribution in [3.05, 3.63) is 29.8 Å². The maximum atomic E-state index is 11.4. The van der Waals surface area contributed by atoms with E-state index in [9.17, 15) is 9.90 Å². The van der Waals surface area contributed by atoms with Crippen molar-refractivity contribution in [3.8, 4) is 11.5 Å². The lowest BCUT2D eigenvalue weighted by molar-refractivity contribution is -0.147. The van der Waals surface area contributed by atoms with E-state index in [0.717, 1.165) is 6.08 Å². The summed E-state index contributed by atoms with van der Waals surface area (Å²) in [5.41, 5.74) is 0.635. The molecule has 0 atom stereocenters. The molecule has 1 rings (SSSR count). The molecule has 0 bridgehead atoms.